The van der Waals surface area contributed by atoms with Gasteiger partial charge in [0.15, 0.2) is 0 Å². The summed E-state index contributed by atoms with van der Waals surface area (Å²) >= 11 is 0. The fraction of sp³-hybridized carbons (Fsp3) is 0.0952. The highest BCUT2D eigenvalue weighted by molar-refractivity contribution is 5.80. The van der Waals surface area contributed by atoms with Gasteiger partial charge in [-0.2, -0.15) is 5.26 Å². The van der Waals surface area contributed by atoms with Gasteiger partial charge in [-0.15, -0.1) is 0 Å². The number of benzene rings is 1. The van der Waals surface area contributed by atoms with Crippen LogP contribution in [0.3, 0.4) is 0 Å². The Balaban J connectivity index is 2.86. The van der Waals surface area contributed by atoms with Crippen LogP contribution in [0.5, 0.6) is 0 Å². The largest absolute Gasteiger partial charge is 0.309 e. The van der Waals surface area contributed by atoms with E-state index in [1.165, 1.54) is 0 Å². The van der Waals surface area contributed by atoms with Gasteiger partial charge < -0.3 is 4.57 Å². The van der Waals surface area contributed by atoms with Crippen LogP contribution in [0.2, 0.25) is 0 Å². The van der Waals surface area contributed by atoms with Crippen molar-refractivity contribution in [3.8, 4) is 11.8 Å². The lowest BCUT2D eigenvalue weighted by atomic mass is 10.1. The fourth-order valence-electron chi connectivity index (χ4n) is 2.69. The Kier molecular flexibility index (Phi) is 5.17. The Morgan fingerprint density at radius 1 is 0.913 bits per heavy atom. The van der Waals surface area contributed by atoms with Crippen molar-refractivity contribution < 1.29 is 0 Å². The predicted molar refractivity (Wildman–Crippen MR) is 100 cm³/mol. The first-order valence-corrected chi connectivity index (χ1v) is 7.51. The third-order valence-electron chi connectivity index (χ3n) is 3.63. The molecule has 2 rings (SSSR count). The van der Waals surface area contributed by atoms with Crippen LogP contribution in [0.4, 0.5) is 0 Å². The maximum atomic E-state index is 8.99. The summed E-state index contributed by atoms with van der Waals surface area (Å²) < 4.78 is 2.14. The monoisotopic (exact) mass is 300 g/mol. The summed E-state index contributed by atoms with van der Waals surface area (Å²) in [7, 11) is 0. The molecule has 0 amide bonds. The zero-order chi connectivity index (χ0) is 16.8. The highest BCUT2D eigenvalue weighted by Gasteiger charge is 2.17. The van der Waals surface area contributed by atoms with E-state index in [1.54, 1.807) is 0 Å². The Labute approximate surface area is 138 Å². The number of allylic oxidation sites excluding steroid dienone is 2. The van der Waals surface area contributed by atoms with Gasteiger partial charge in [0.25, 0.3) is 0 Å². The molecule has 2 aromatic rings. The molecule has 0 unspecified atom stereocenters. The fourth-order valence-corrected chi connectivity index (χ4v) is 2.69. The lowest BCUT2D eigenvalue weighted by Crippen LogP contribution is -1.99. The van der Waals surface area contributed by atoms with E-state index in [-0.39, 0.29) is 0 Å². The van der Waals surface area contributed by atoms with Gasteiger partial charge in [-0.25, -0.2) is 0 Å². The van der Waals surface area contributed by atoms with Gasteiger partial charge >= 0.3 is 0 Å². The van der Waals surface area contributed by atoms with Gasteiger partial charge in [0, 0.05) is 16.8 Å². The first-order chi connectivity index (χ1) is 11.2. The first kappa shape index (κ1) is 16.3. The molecule has 0 atom stereocenters. The number of nitrogens with zero attached hydrogens (tertiary/aromatic N) is 2. The molecule has 1 aromatic carbocycles. The topological polar surface area (TPSA) is 28.7 Å². The molecule has 1 aromatic heterocycles. The molecule has 0 fully saturated rings. The van der Waals surface area contributed by atoms with Crippen LogP contribution in [0.15, 0.2) is 49.6 Å². The van der Waals surface area contributed by atoms with Gasteiger partial charge in [-0.1, -0.05) is 37.5 Å². The molecule has 0 aliphatic carbocycles. The van der Waals surface area contributed by atoms with Crippen molar-refractivity contribution in [3.63, 3.8) is 0 Å². The average molecular weight is 300 g/mol. The molecule has 0 spiro atoms. The molecule has 0 radical (unpaired) electrons. The van der Waals surface area contributed by atoms with E-state index in [4.69, 9.17) is 5.26 Å². The molecule has 0 N–H and O–H groups in total. The Bertz CT molecular complexity index is 822. The second-order valence-corrected chi connectivity index (χ2v) is 5.00. The zero-order valence-corrected chi connectivity index (χ0v) is 13.6. The van der Waals surface area contributed by atoms with E-state index in [0.29, 0.717) is 5.56 Å². The van der Waals surface area contributed by atoms with Crippen LogP contribution >= 0.6 is 0 Å². The maximum absolute atomic E-state index is 8.99. The molecule has 114 valence electrons. The number of rotatable bonds is 5. The summed E-state index contributed by atoms with van der Waals surface area (Å²) in [4.78, 5) is 0. The standard InChI is InChI=1S/C21H20N2/c1-5-9-19-18(7-3)21(10-6-2)23(20(19)8-4)17-13-11-16(15-22)12-14-17/h5-14H,3-4H2,1-2H3/b9-5-,10-6-. The predicted octanol–water partition coefficient (Wildman–Crippen LogP) is 5.70. The SMILES string of the molecule is C=Cc1c(/C=C\C)c(C=C)n(-c2ccc(C#N)cc2)c1/C=C\C. The molecule has 0 saturated carbocycles. The highest BCUT2D eigenvalue weighted by Crippen LogP contribution is 2.31. The molecule has 2 nitrogen and oxygen atoms in total. The summed E-state index contributed by atoms with van der Waals surface area (Å²) in [5.74, 6) is 0. The average Bonchev–Trinajstić information content (AvgIpc) is 2.88. The van der Waals surface area contributed by atoms with Crippen LogP contribution in [0, 0.1) is 11.3 Å². The van der Waals surface area contributed by atoms with E-state index in [9.17, 15) is 0 Å². The lowest BCUT2D eigenvalue weighted by molar-refractivity contribution is 1.04. The molecular weight excluding hydrogens is 280 g/mol. The number of nitriles is 1. The summed E-state index contributed by atoms with van der Waals surface area (Å²) in [6, 6.07) is 9.70. The normalized spacial score (nSPS) is 11.0. The van der Waals surface area contributed by atoms with Crippen LogP contribution in [0.1, 0.15) is 41.9 Å². The van der Waals surface area contributed by atoms with Crippen molar-refractivity contribution in [3.05, 3.63) is 77.7 Å². The zero-order valence-electron chi connectivity index (χ0n) is 13.6. The second kappa shape index (κ2) is 7.29. The quantitative estimate of drug-likeness (QED) is 0.696. The van der Waals surface area contributed by atoms with E-state index in [2.05, 4.69) is 35.9 Å². The molecule has 0 bridgehead atoms. The van der Waals surface area contributed by atoms with Gasteiger partial charge in [0.05, 0.1) is 23.0 Å². The molecule has 2 heteroatoms. The van der Waals surface area contributed by atoms with Gasteiger partial charge in [0.2, 0.25) is 0 Å². The van der Waals surface area contributed by atoms with E-state index < -0.39 is 0 Å². The highest BCUT2D eigenvalue weighted by atomic mass is 15.0. The summed E-state index contributed by atoms with van der Waals surface area (Å²) in [5, 5.41) is 8.99. The third kappa shape index (κ3) is 2.95. The van der Waals surface area contributed by atoms with E-state index >= 15 is 0 Å². The Hall–Kier alpha value is -3.05. The van der Waals surface area contributed by atoms with E-state index in [1.807, 2.05) is 62.4 Å². The van der Waals surface area contributed by atoms with Crippen molar-refractivity contribution in [2.24, 2.45) is 0 Å². The third-order valence-corrected chi connectivity index (χ3v) is 3.63. The minimum absolute atomic E-state index is 0.645. The van der Waals surface area contributed by atoms with Crippen molar-refractivity contribution in [1.82, 2.24) is 4.57 Å². The number of aromatic nitrogens is 1. The van der Waals surface area contributed by atoms with Crippen molar-refractivity contribution in [2.75, 3.05) is 0 Å². The maximum Gasteiger partial charge on any atom is 0.0991 e. The lowest BCUT2D eigenvalue weighted by Gasteiger charge is -2.10. The van der Waals surface area contributed by atoms with Gasteiger partial charge in [0.1, 0.15) is 0 Å². The number of hydrogen-bond donors (Lipinski definition) is 0. The molecule has 1 heterocycles. The minimum atomic E-state index is 0.645. The van der Waals surface area contributed by atoms with Crippen molar-refractivity contribution in [1.29, 1.82) is 5.26 Å². The van der Waals surface area contributed by atoms with Crippen LogP contribution in [-0.4, -0.2) is 4.57 Å². The van der Waals surface area contributed by atoms with Crippen LogP contribution in [0.25, 0.3) is 30.0 Å². The first-order valence-electron chi connectivity index (χ1n) is 7.51. The Morgan fingerprint density at radius 3 is 2.04 bits per heavy atom. The van der Waals surface area contributed by atoms with Crippen molar-refractivity contribution in [2.45, 2.75) is 13.8 Å². The second-order valence-electron chi connectivity index (χ2n) is 5.00. The molecular formula is C21H20N2. The number of hydrogen-bond acceptors (Lipinski definition) is 1. The molecule has 0 aliphatic heterocycles. The van der Waals surface area contributed by atoms with Crippen LogP contribution in [-0.2, 0) is 0 Å². The smallest absolute Gasteiger partial charge is 0.0991 e. The molecule has 23 heavy (non-hydrogen) atoms. The van der Waals surface area contributed by atoms with Crippen LogP contribution < -0.4 is 0 Å². The minimum Gasteiger partial charge on any atom is -0.309 e. The molecule has 0 saturated heterocycles. The van der Waals surface area contributed by atoms with Gasteiger partial charge in [-0.3, -0.25) is 0 Å². The summed E-state index contributed by atoms with van der Waals surface area (Å²) in [5.41, 5.74) is 5.86. The summed E-state index contributed by atoms with van der Waals surface area (Å²) in [6.45, 7) is 11.9. The summed E-state index contributed by atoms with van der Waals surface area (Å²) in [6.07, 6.45) is 11.9. The van der Waals surface area contributed by atoms with Gasteiger partial charge in [-0.05, 0) is 50.3 Å². The van der Waals surface area contributed by atoms with Crippen molar-refractivity contribution >= 4 is 24.3 Å². The van der Waals surface area contributed by atoms with E-state index in [0.717, 1.165) is 28.2 Å². The Morgan fingerprint density at radius 2 is 1.57 bits per heavy atom. The molecule has 0 aliphatic rings.